The quantitative estimate of drug-likeness (QED) is 0.406. The molecule has 2 atom stereocenters. The van der Waals surface area contributed by atoms with Gasteiger partial charge in [0.15, 0.2) is 5.92 Å². The predicted molar refractivity (Wildman–Crippen MR) is 128 cm³/mol. The Morgan fingerprint density at radius 2 is 1.91 bits per heavy atom. The molecule has 0 fully saturated rings. The number of nitrogens with zero attached hydrogens (tertiary/aromatic N) is 3. The number of allylic oxidation sites excluding steroid dienone is 4. The minimum absolute atomic E-state index is 0.0493. The molecule has 8 heteroatoms. The number of anilines is 1. The first kappa shape index (κ1) is 21.9. The number of Topliss-reactive ketones (excluding diaryl/α,β-unsaturated/α-hetero) is 1. The van der Waals surface area contributed by atoms with Crippen LogP contribution in [-0.2, 0) is 16.3 Å². The SMILES string of the molecule is N#CC(C(=O)Nc1ccccc1)C(=O)c1nn(C2(F)C=CC=CC2)c2c1CSc1ccccc1-2. The zero-order valence-electron chi connectivity index (χ0n) is 17.9. The van der Waals surface area contributed by atoms with Crippen LogP contribution >= 0.6 is 11.8 Å². The van der Waals surface area contributed by atoms with E-state index >= 15 is 4.39 Å². The zero-order valence-corrected chi connectivity index (χ0v) is 18.8. The summed E-state index contributed by atoms with van der Waals surface area (Å²) in [5, 5.41) is 16.7. The number of fused-ring (bicyclic) bond motifs is 3. The molecule has 3 aromatic rings. The second-order valence-corrected chi connectivity index (χ2v) is 8.98. The molecule has 1 N–H and O–H groups in total. The van der Waals surface area contributed by atoms with Crippen LogP contribution in [0.4, 0.5) is 10.1 Å². The van der Waals surface area contributed by atoms with Gasteiger partial charge in [-0.05, 0) is 24.3 Å². The van der Waals surface area contributed by atoms with Crippen molar-refractivity contribution in [2.45, 2.75) is 22.9 Å². The van der Waals surface area contributed by atoms with E-state index in [0.29, 0.717) is 22.7 Å². The zero-order chi connectivity index (χ0) is 23.7. The van der Waals surface area contributed by atoms with Crippen LogP contribution in [0, 0.1) is 17.2 Å². The van der Waals surface area contributed by atoms with Crippen LogP contribution in [0.1, 0.15) is 22.5 Å². The fraction of sp³-hybridized carbons (Fsp3) is 0.154. The highest BCUT2D eigenvalue weighted by atomic mass is 32.2. The Balaban J connectivity index is 1.59. The van der Waals surface area contributed by atoms with Gasteiger partial charge < -0.3 is 5.32 Å². The number of rotatable bonds is 5. The number of halogens is 1. The third kappa shape index (κ3) is 3.74. The molecule has 6 nitrogen and oxygen atoms in total. The summed E-state index contributed by atoms with van der Waals surface area (Å²) in [6, 6.07) is 17.9. The monoisotopic (exact) mass is 470 g/mol. The molecule has 5 rings (SSSR count). The van der Waals surface area contributed by atoms with Crippen LogP contribution < -0.4 is 5.32 Å². The summed E-state index contributed by atoms with van der Waals surface area (Å²) in [6.45, 7) is 0. The lowest BCUT2D eigenvalue weighted by Crippen LogP contribution is -2.31. The highest BCUT2D eigenvalue weighted by molar-refractivity contribution is 7.98. The highest BCUT2D eigenvalue weighted by Crippen LogP contribution is 2.46. The van der Waals surface area contributed by atoms with Gasteiger partial charge in [0, 0.05) is 33.9 Å². The second-order valence-electron chi connectivity index (χ2n) is 7.96. The van der Waals surface area contributed by atoms with Crippen LogP contribution in [0.25, 0.3) is 11.3 Å². The van der Waals surface area contributed by atoms with Crippen LogP contribution in [0.3, 0.4) is 0 Å². The molecule has 1 aromatic heterocycles. The van der Waals surface area contributed by atoms with E-state index in [4.69, 9.17) is 0 Å². The van der Waals surface area contributed by atoms with E-state index in [2.05, 4.69) is 10.4 Å². The van der Waals surface area contributed by atoms with Crippen molar-refractivity contribution in [3.63, 3.8) is 0 Å². The molecule has 2 heterocycles. The lowest BCUT2D eigenvalue weighted by Gasteiger charge is -2.27. The van der Waals surface area contributed by atoms with Gasteiger partial charge in [0.1, 0.15) is 5.69 Å². The Bertz CT molecular complexity index is 1390. The fourth-order valence-corrected chi connectivity index (χ4v) is 5.19. The third-order valence-corrected chi connectivity index (χ3v) is 6.88. The average molecular weight is 471 g/mol. The largest absolute Gasteiger partial charge is 0.325 e. The number of amides is 1. The van der Waals surface area contributed by atoms with Crippen molar-refractivity contribution in [2.75, 3.05) is 5.32 Å². The molecule has 0 spiro atoms. The van der Waals surface area contributed by atoms with Crippen molar-refractivity contribution >= 4 is 29.1 Å². The number of aromatic nitrogens is 2. The maximum Gasteiger partial charge on any atom is 0.249 e. The molecule has 2 aliphatic rings. The summed E-state index contributed by atoms with van der Waals surface area (Å²) in [5.41, 5.74) is 2.22. The van der Waals surface area contributed by atoms with Crippen LogP contribution in [0.2, 0.25) is 0 Å². The lowest BCUT2D eigenvalue weighted by atomic mass is 9.97. The van der Waals surface area contributed by atoms with Crippen molar-refractivity contribution in [2.24, 2.45) is 5.92 Å². The molecule has 2 unspecified atom stereocenters. The molecule has 0 bridgehead atoms. The van der Waals surface area contributed by atoms with Crippen LogP contribution in [0.15, 0.2) is 83.8 Å². The summed E-state index contributed by atoms with van der Waals surface area (Å²) in [5.74, 6) is -4.71. The maximum absolute atomic E-state index is 16.1. The molecular weight excluding hydrogens is 451 g/mol. The molecule has 34 heavy (non-hydrogen) atoms. The summed E-state index contributed by atoms with van der Waals surface area (Å²) in [7, 11) is 0. The van der Waals surface area contributed by atoms with E-state index in [9.17, 15) is 14.9 Å². The van der Waals surface area contributed by atoms with E-state index in [1.165, 1.54) is 22.5 Å². The molecule has 0 saturated heterocycles. The molecule has 0 saturated carbocycles. The number of benzene rings is 2. The summed E-state index contributed by atoms with van der Waals surface area (Å²) >= 11 is 1.51. The maximum atomic E-state index is 16.1. The van der Waals surface area contributed by atoms with Gasteiger partial charge in [-0.15, -0.1) is 11.8 Å². The Hall–Kier alpha value is -3.96. The van der Waals surface area contributed by atoms with Gasteiger partial charge in [-0.3, -0.25) is 9.59 Å². The van der Waals surface area contributed by atoms with Gasteiger partial charge in [0.25, 0.3) is 0 Å². The number of carbonyl (C=O) groups is 2. The molecule has 168 valence electrons. The fourth-order valence-electron chi connectivity index (χ4n) is 4.12. The molecule has 1 aliphatic heterocycles. The summed E-state index contributed by atoms with van der Waals surface area (Å²) < 4.78 is 17.3. The van der Waals surface area contributed by atoms with Crippen molar-refractivity contribution < 1.29 is 14.0 Å². The van der Waals surface area contributed by atoms with Crippen LogP contribution in [-0.4, -0.2) is 21.5 Å². The number of carbonyl (C=O) groups excluding carboxylic acids is 2. The van der Waals surface area contributed by atoms with Crippen molar-refractivity contribution in [1.29, 1.82) is 5.26 Å². The summed E-state index contributed by atoms with van der Waals surface area (Å²) in [4.78, 5) is 27.2. The van der Waals surface area contributed by atoms with Gasteiger partial charge in [0.2, 0.25) is 17.5 Å². The first-order valence-electron chi connectivity index (χ1n) is 10.7. The van der Waals surface area contributed by atoms with Gasteiger partial charge in [0.05, 0.1) is 11.8 Å². The van der Waals surface area contributed by atoms with Crippen molar-refractivity contribution in [3.8, 4) is 17.3 Å². The normalized spacial score (nSPS) is 18.9. The van der Waals surface area contributed by atoms with E-state index < -0.39 is 23.4 Å². The molecule has 1 aliphatic carbocycles. The Morgan fingerprint density at radius 1 is 1.15 bits per heavy atom. The topological polar surface area (TPSA) is 87.8 Å². The van der Waals surface area contributed by atoms with E-state index in [0.717, 1.165) is 10.5 Å². The first-order chi connectivity index (χ1) is 16.5. The second kappa shape index (κ2) is 8.76. The van der Waals surface area contributed by atoms with E-state index in [-0.39, 0.29) is 12.1 Å². The molecule has 1 amide bonds. The van der Waals surface area contributed by atoms with Crippen molar-refractivity contribution in [1.82, 2.24) is 9.78 Å². The predicted octanol–water partition coefficient (Wildman–Crippen LogP) is 5.26. The number of nitrogens with one attached hydrogen (secondary N) is 1. The third-order valence-electron chi connectivity index (χ3n) is 5.78. The van der Waals surface area contributed by atoms with Crippen LogP contribution in [0.5, 0.6) is 0 Å². The molecule has 0 radical (unpaired) electrons. The van der Waals surface area contributed by atoms with Gasteiger partial charge in [-0.2, -0.15) is 10.4 Å². The number of hydrogen-bond donors (Lipinski definition) is 1. The molecular formula is C26H19FN4O2S. The number of para-hydroxylation sites is 1. The number of thioether (sulfide) groups is 1. The Kier molecular flexibility index (Phi) is 5.64. The summed E-state index contributed by atoms with van der Waals surface area (Å²) in [6.07, 6.45) is 6.52. The standard InChI is InChI=1S/C26H19FN4O2S/c27-26(13-7-2-8-14-26)31-23-18-11-5-6-12-21(18)34-16-20(23)22(30-31)24(32)19(15-28)25(33)29-17-9-3-1-4-10-17/h1-13,19H,14,16H2,(H,29,33). The average Bonchev–Trinajstić information content (AvgIpc) is 3.27. The number of nitriles is 1. The minimum atomic E-state index is -1.97. The van der Waals surface area contributed by atoms with E-state index in [1.807, 2.05) is 30.3 Å². The number of alkyl halides is 1. The van der Waals surface area contributed by atoms with Gasteiger partial charge in [-0.25, -0.2) is 9.07 Å². The van der Waals surface area contributed by atoms with Gasteiger partial charge in [-0.1, -0.05) is 54.6 Å². The highest BCUT2D eigenvalue weighted by Gasteiger charge is 2.40. The smallest absolute Gasteiger partial charge is 0.249 e. The Labute approximate surface area is 199 Å². The van der Waals surface area contributed by atoms with Crippen molar-refractivity contribution in [3.05, 3.63) is 90.2 Å². The first-order valence-corrected chi connectivity index (χ1v) is 11.7. The number of ketones is 1. The number of hydrogen-bond acceptors (Lipinski definition) is 5. The lowest BCUT2D eigenvalue weighted by molar-refractivity contribution is -0.117. The minimum Gasteiger partial charge on any atom is -0.325 e. The Morgan fingerprint density at radius 3 is 2.65 bits per heavy atom. The van der Waals surface area contributed by atoms with E-state index in [1.54, 1.807) is 48.6 Å². The van der Waals surface area contributed by atoms with Gasteiger partial charge >= 0.3 is 0 Å². The molecule has 2 aromatic carbocycles.